The van der Waals surface area contributed by atoms with E-state index in [-0.39, 0.29) is 6.10 Å². The van der Waals surface area contributed by atoms with Crippen LogP contribution in [-0.4, -0.2) is 48.6 Å². The zero-order valence-electron chi connectivity index (χ0n) is 13.0. The number of fused-ring (bicyclic) bond motifs is 1. The van der Waals surface area contributed by atoms with Crippen LogP contribution in [0.4, 0.5) is 0 Å². The third-order valence-electron chi connectivity index (χ3n) is 4.03. The van der Waals surface area contributed by atoms with Crippen LogP contribution in [0.1, 0.15) is 19.3 Å². The van der Waals surface area contributed by atoms with E-state index in [0.717, 1.165) is 43.6 Å². The molecular formula is C15H19N7O. The Bertz CT molecular complexity index is 801. The number of nitrogens with one attached hydrogen (secondary N) is 1. The summed E-state index contributed by atoms with van der Waals surface area (Å²) in [4.78, 5) is 8.94. The monoisotopic (exact) mass is 313 g/mol. The van der Waals surface area contributed by atoms with Crippen molar-refractivity contribution < 1.29 is 4.74 Å². The van der Waals surface area contributed by atoms with Crippen molar-refractivity contribution >= 4 is 5.65 Å². The lowest BCUT2D eigenvalue weighted by atomic mass is 10.2. The molecule has 23 heavy (non-hydrogen) atoms. The van der Waals surface area contributed by atoms with Crippen molar-refractivity contribution in [3.8, 4) is 17.1 Å². The number of rotatable bonds is 3. The molecule has 0 aromatic carbocycles. The van der Waals surface area contributed by atoms with Gasteiger partial charge in [-0.2, -0.15) is 10.2 Å². The molecule has 0 radical (unpaired) electrons. The molecule has 1 saturated heterocycles. The zero-order chi connectivity index (χ0) is 15.6. The fourth-order valence-electron chi connectivity index (χ4n) is 2.84. The highest BCUT2D eigenvalue weighted by molar-refractivity contribution is 5.61. The quantitative estimate of drug-likeness (QED) is 0.778. The van der Waals surface area contributed by atoms with E-state index in [4.69, 9.17) is 4.74 Å². The molecule has 120 valence electrons. The summed E-state index contributed by atoms with van der Waals surface area (Å²) in [6, 6.07) is 0. The molecule has 1 fully saturated rings. The van der Waals surface area contributed by atoms with Crippen LogP contribution in [0.2, 0.25) is 0 Å². The molecule has 1 aliphatic rings. The Morgan fingerprint density at radius 1 is 1.22 bits per heavy atom. The van der Waals surface area contributed by atoms with E-state index >= 15 is 0 Å². The van der Waals surface area contributed by atoms with Gasteiger partial charge in [0.2, 0.25) is 5.65 Å². The van der Waals surface area contributed by atoms with Gasteiger partial charge in [0.1, 0.15) is 12.4 Å². The second-order valence-corrected chi connectivity index (χ2v) is 5.78. The molecule has 1 atom stereocenters. The molecule has 1 aliphatic heterocycles. The lowest BCUT2D eigenvalue weighted by Crippen LogP contribution is -2.20. The summed E-state index contributed by atoms with van der Waals surface area (Å²) in [5.41, 5.74) is 2.35. The highest BCUT2D eigenvalue weighted by Gasteiger charge is 2.18. The minimum Gasteiger partial charge on any atom is -0.472 e. The molecule has 8 heteroatoms. The summed E-state index contributed by atoms with van der Waals surface area (Å²) in [6.07, 6.45) is 10.3. The van der Waals surface area contributed by atoms with Gasteiger partial charge in [-0.25, -0.2) is 14.5 Å². The summed E-state index contributed by atoms with van der Waals surface area (Å²) in [7, 11) is 1.88. The van der Waals surface area contributed by atoms with E-state index in [0.29, 0.717) is 11.5 Å². The minimum absolute atomic E-state index is 0.155. The first-order valence-electron chi connectivity index (χ1n) is 7.86. The molecule has 3 aromatic rings. The average Bonchev–Trinajstić information content (AvgIpc) is 3.11. The second-order valence-electron chi connectivity index (χ2n) is 5.78. The number of hydrogen-bond donors (Lipinski definition) is 1. The topological polar surface area (TPSA) is 82.2 Å². The fraction of sp³-hybridized carbons (Fsp3) is 0.467. The van der Waals surface area contributed by atoms with Gasteiger partial charge in [-0.3, -0.25) is 4.68 Å². The van der Waals surface area contributed by atoms with Crippen LogP contribution in [0.15, 0.2) is 24.9 Å². The molecule has 1 N–H and O–H groups in total. The Morgan fingerprint density at radius 2 is 2.17 bits per heavy atom. The van der Waals surface area contributed by atoms with Crippen molar-refractivity contribution in [1.82, 2.24) is 34.7 Å². The smallest absolute Gasteiger partial charge is 0.260 e. The van der Waals surface area contributed by atoms with E-state index in [1.165, 1.54) is 6.33 Å². The molecule has 0 bridgehead atoms. The molecular weight excluding hydrogens is 294 g/mol. The predicted molar refractivity (Wildman–Crippen MR) is 84.1 cm³/mol. The summed E-state index contributed by atoms with van der Waals surface area (Å²) < 4.78 is 9.63. The van der Waals surface area contributed by atoms with Gasteiger partial charge in [0, 0.05) is 18.8 Å². The van der Waals surface area contributed by atoms with Gasteiger partial charge in [0.25, 0.3) is 5.88 Å². The van der Waals surface area contributed by atoms with Gasteiger partial charge >= 0.3 is 0 Å². The van der Waals surface area contributed by atoms with Gasteiger partial charge in [-0.15, -0.1) is 0 Å². The van der Waals surface area contributed by atoms with Crippen LogP contribution in [0.25, 0.3) is 16.9 Å². The highest BCUT2D eigenvalue weighted by Crippen LogP contribution is 2.24. The molecule has 0 amide bonds. The lowest BCUT2D eigenvalue weighted by Gasteiger charge is -2.16. The maximum Gasteiger partial charge on any atom is 0.260 e. The third-order valence-corrected chi connectivity index (χ3v) is 4.03. The molecule has 0 spiro atoms. The standard InChI is InChI=1S/C15H19N7O/c1-21-8-11(7-18-21)13-9-22-14(17-10-19-22)15(20-13)23-12-3-2-5-16-6-4-12/h7-10,12,16H,2-6H2,1H3. The molecule has 0 aliphatic carbocycles. The number of aryl methyl sites for hydroxylation is 1. The van der Waals surface area contributed by atoms with Crippen LogP contribution in [0.5, 0.6) is 5.88 Å². The van der Waals surface area contributed by atoms with E-state index in [1.54, 1.807) is 15.4 Å². The summed E-state index contributed by atoms with van der Waals surface area (Å²) in [5, 5.41) is 11.8. The molecule has 4 heterocycles. The van der Waals surface area contributed by atoms with Crippen molar-refractivity contribution in [2.24, 2.45) is 7.05 Å². The number of hydrogen-bond acceptors (Lipinski definition) is 6. The van der Waals surface area contributed by atoms with E-state index < -0.39 is 0 Å². The Kier molecular flexibility index (Phi) is 3.66. The van der Waals surface area contributed by atoms with E-state index in [2.05, 4.69) is 25.5 Å². The summed E-state index contributed by atoms with van der Waals surface area (Å²) in [5.74, 6) is 0.538. The lowest BCUT2D eigenvalue weighted by molar-refractivity contribution is 0.181. The molecule has 1 unspecified atom stereocenters. The Labute approximate surface area is 133 Å². The molecule has 3 aromatic heterocycles. The Morgan fingerprint density at radius 3 is 3.04 bits per heavy atom. The first-order valence-corrected chi connectivity index (χ1v) is 7.86. The molecule has 4 rings (SSSR count). The first-order chi connectivity index (χ1) is 11.3. The first kappa shape index (κ1) is 14.1. The van der Waals surface area contributed by atoms with Gasteiger partial charge in [0.15, 0.2) is 0 Å². The third kappa shape index (κ3) is 2.89. The van der Waals surface area contributed by atoms with Crippen LogP contribution in [0, 0.1) is 0 Å². The van der Waals surface area contributed by atoms with Crippen LogP contribution in [0.3, 0.4) is 0 Å². The maximum atomic E-state index is 6.17. The summed E-state index contributed by atoms with van der Waals surface area (Å²) in [6.45, 7) is 2.01. The molecule has 0 saturated carbocycles. The number of aromatic nitrogens is 6. The van der Waals surface area contributed by atoms with Crippen molar-refractivity contribution in [3.05, 3.63) is 24.9 Å². The summed E-state index contributed by atoms with van der Waals surface area (Å²) >= 11 is 0. The minimum atomic E-state index is 0.155. The zero-order valence-corrected chi connectivity index (χ0v) is 13.0. The number of ether oxygens (including phenoxy) is 1. The Hall–Kier alpha value is -2.48. The Balaban J connectivity index is 1.70. The van der Waals surface area contributed by atoms with Crippen LogP contribution in [-0.2, 0) is 7.05 Å². The van der Waals surface area contributed by atoms with Crippen molar-refractivity contribution in [2.75, 3.05) is 13.1 Å². The van der Waals surface area contributed by atoms with Crippen molar-refractivity contribution in [3.63, 3.8) is 0 Å². The van der Waals surface area contributed by atoms with Gasteiger partial charge in [-0.1, -0.05) is 0 Å². The maximum absolute atomic E-state index is 6.17. The SMILES string of the molecule is Cn1cc(-c2cn3ncnc3c(OC3CCCNCC3)n2)cn1. The van der Waals surface area contributed by atoms with Gasteiger partial charge < -0.3 is 10.1 Å². The second kappa shape index (κ2) is 5.96. The van der Waals surface area contributed by atoms with Crippen LogP contribution >= 0.6 is 0 Å². The van der Waals surface area contributed by atoms with Gasteiger partial charge in [-0.05, 0) is 32.4 Å². The van der Waals surface area contributed by atoms with Crippen molar-refractivity contribution in [1.29, 1.82) is 0 Å². The van der Waals surface area contributed by atoms with Gasteiger partial charge in [0.05, 0.1) is 18.1 Å². The number of nitrogens with zero attached hydrogens (tertiary/aromatic N) is 6. The van der Waals surface area contributed by atoms with Crippen LogP contribution < -0.4 is 10.1 Å². The van der Waals surface area contributed by atoms with E-state index in [9.17, 15) is 0 Å². The average molecular weight is 313 g/mol. The van der Waals surface area contributed by atoms with Crippen molar-refractivity contribution in [2.45, 2.75) is 25.4 Å². The fourth-order valence-corrected chi connectivity index (χ4v) is 2.84. The largest absolute Gasteiger partial charge is 0.472 e. The predicted octanol–water partition coefficient (Wildman–Crippen LogP) is 1.05. The molecule has 8 nitrogen and oxygen atoms in total. The highest BCUT2D eigenvalue weighted by atomic mass is 16.5. The van der Waals surface area contributed by atoms with E-state index in [1.807, 2.05) is 19.4 Å². The normalized spacial score (nSPS) is 18.9.